The summed E-state index contributed by atoms with van der Waals surface area (Å²) in [5, 5.41) is 22.8. The summed E-state index contributed by atoms with van der Waals surface area (Å²) in [6, 6.07) is 11.6. The van der Waals surface area contributed by atoms with Crippen molar-refractivity contribution in [3.63, 3.8) is 0 Å². The predicted octanol–water partition coefficient (Wildman–Crippen LogP) is -0.0596. The zero-order valence-corrected chi connectivity index (χ0v) is 15.5. The van der Waals surface area contributed by atoms with Gasteiger partial charge in [0.05, 0.1) is 25.4 Å². The summed E-state index contributed by atoms with van der Waals surface area (Å²) >= 11 is 0. The highest BCUT2D eigenvalue weighted by atomic mass is 16.7. The van der Waals surface area contributed by atoms with E-state index in [4.69, 9.17) is 15.2 Å². The van der Waals surface area contributed by atoms with Crippen molar-refractivity contribution >= 4 is 17.4 Å². The van der Waals surface area contributed by atoms with Gasteiger partial charge >= 0.3 is 5.91 Å². The average Bonchev–Trinajstić information content (AvgIpc) is 3.21. The van der Waals surface area contributed by atoms with Crippen molar-refractivity contribution in [1.82, 2.24) is 0 Å². The number of fused-ring (bicyclic) bond motifs is 1. The lowest BCUT2D eigenvalue weighted by Crippen LogP contribution is -2.91. The van der Waals surface area contributed by atoms with Crippen molar-refractivity contribution in [3.05, 3.63) is 29.8 Å². The standard InChI is InChI=1S/C19H21N5O3/c1-4-26-19(27-5-2)18(11-21)15(17(18,10-20)16(22)24-19)13-6-8-14(9-7-13)23-12(3)25/h6-9,15H,4-5H2,1-3H3,(H2,22,24)(H,23,25)/p+1/t15-,17-,18-/m1/s1. The number of carbonyl (C=O) groups excluding carboxylic acids is 1. The normalized spacial score (nSPS) is 29.8. The van der Waals surface area contributed by atoms with Gasteiger partial charge in [0.1, 0.15) is 0 Å². The molecule has 1 saturated carbocycles. The summed E-state index contributed by atoms with van der Waals surface area (Å²) < 4.78 is 11.7. The Morgan fingerprint density at radius 2 is 1.81 bits per heavy atom. The summed E-state index contributed by atoms with van der Waals surface area (Å²) in [5.41, 5.74) is 5.00. The smallest absolute Gasteiger partial charge is 0.326 e. The largest absolute Gasteiger partial charge is 0.343 e. The van der Waals surface area contributed by atoms with E-state index >= 15 is 0 Å². The number of hydrogen-bond donors (Lipinski definition) is 3. The molecule has 1 aliphatic carbocycles. The van der Waals surface area contributed by atoms with Crippen LogP contribution in [0.15, 0.2) is 24.3 Å². The van der Waals surface area contributed by atoms with Crippen LogP contribution in [0.2, 0.25) is 0 Å². The Bertz CT molecular complexity index is 876. The molecule has 1 aromatic rings. The second kappa shape index (κ2) is 6.34. The van der Waals surface area contributed by atoms with Gasteiger partial charge in [0.25, 0.3) is 5.84 Å². The number of rotatable bonds is 6. The Morgan fingerprint density at radius 3 is 2.26 bits per heavy atom. The molecular formula is C19H22N5O3+. The molecule has 3 rings (SSSR count). The number of nitrogens with zero attached hydrogens (tertiary/aromatic N) is 2. The average molecular weight is 368 g/mol. The number of nitrogens with two attached hydrogens (primary N) is 1. The maximum absolute atomic E-state index is 11.2. The molecule has 0 aromatic heterocycles. The highest BCUT2D eigenvalue weighted by Crippen LogP contribution is 2.78. The molecule has 1 fully saturated rings. The number of hydrogen-bond acceptors (Lipinski definition) is 6. The first-order valence-electron chi connectivity index (χ1n) is 8.78. The van der Waals surface area contributed by atoms with Gasteiger partial charge in [-0.25, -0.2) is 4.99 Å². The Hall–Kier alpha value is -2.94. The molecule has 0 saturated heterocycles. The molecule has 8 nitrogen and oxygen atoms in total. The maximum Gasteiger partial charge on any atom is 0.343 e. The minimum Gasteiger partial charge on any atom is -0.326 e. The maximum atomic E-state index is 11.2. The predicted molar refractivity (Wildman–Crippen MR) is 95.7 cm³/mol. The minimum atomic E-state index is -1.49. The van der Waals surface area contributed by atoms with Crippen LogP contribution >= 0.6 is 0 Å². The third kappa shape index (κ3) is 2.21. The van der Waals surface area contributed by atoms with Gasteiger partial charge < -0.3 is 14.8 Å². The summed E-state index contributed by atoms with van der Waals surface area (Å²) in [6.07, 6.45) is 0. The van der Waals surface area contributed by atoms with Crippen molar-refractivity contribution in [2.24, 2.45) is 16.6 Å². The first-order chi connectivity index (χ1) is 12.9. The molecule has 1 aliphatic heterocycles. The second-order valence-corrected chi connectivity index (χ2v) is 6.60. The lowest BCUT2D eigenvalue weighted by atomic mass is 9.93. The molecule has 140 valence electrons. The van der Waals surface area contributed by atoms with Crippen molar-refractivity contribution in [1.29, 1.82) is 10.5 Å². The van der Waals surface area contributed by atoms with Crippen molar-refractivity contribution in [3.8, 4) is 12.1 Å². The summed E-state index contributed by atoms with van der Waals surface area (Å²) in [4.78, 5) is 14.1. The molecule has 0 bridgehead atoms. The van der Waals surface area contributed by atoms with E-state index in [9.17, 15) is 15.3 Å². The van der Waals surface area contributed by atoms with E-state index in [0.29, 0.717) is 5.69 Å². The van der Waals surface area contributed by atoms with Crippen LogP contribution in [0.25, 0.3) is 0 Å². The van der Waals surface area contributed by atoms with Crippen LogP contribution in [0.4, 0.5) is 5.69 Å². The highest BCUT2D eigenvalue weighted by molar-refractivity contribution is 5.95. The number of ether oxygens (including phenoxy) is 2. The molecule has 4 N–H and O–H groups in total. The molecule has 1 aromatic carbocycles. The van der Waals surface area contributed by atoms with E-state index in [1.807, 2.05) is 0 Å². The molecule has 0 radical (unpaired) electrons. The van der Waals surface area contributed by atoms with Gasteiger partial charge in [-0.05, 0) is 31.5 Å². The second-order valence-electron chi connectivity index (χ2n) is 6.60. The van der Waals surface area contributed by atoms with Crippen LogP contribution in [0, 0.1) is 33.5 Å². The third-order valence-electron chi connectivity index (χ3n) is 5.26. The van der Waals surface area contributed by atoms with Crippen LogP contribution < -0.4 is 16.0 Å². The van der Waals surface area contributed by atoms with E-state index in [-0.39, 0.29) is 25.0 Å². The molecule has 8 heteroatoms. The highest BCUT2D eigenvalue weighted by Gasteiger charge is 2.97. The topological polar surface area (TPSA) is 135 Å². The SMILES string of the molecule is CCOC1(OCC)[NH+]=C(N)[C@@]2(C#N)[C@@H](c3ccc(NC(C)=O)cc3)[C@@]12C#N. The fourth-order valence-electron chi connectivity index (χ4n) is 4.32. The van der Waals surface area contributed by atoms with Crippen LogP contribution in [0.5, 0.6) is 0 Å². The molecule has 2 aliphatic rings. The molecular weight excluding hydrogens is 346 g/mol. The third-order valence-corrected chi connectivity index (χ3v) is 5.26. The number of benzene rings is 1. The molecule has 0 spiro atoms. The molecule has 3 atom stereocenters. The van der Waals surface area contributed by atoms with E-state index in [1.165, 1.54) is 6.92 Å². The molecule has 27 heavy (non-hydrogen) atoms. The zero-order chi connectivity index (χ0) is 19.9. The van der Waals surface area contributed by atoms with Crippen LogP contribution in [0.3, 0.4) is 0 Å². The van der Waals surface area contributed by atoms with Crippen molar-refractivity contribution in [2.45, 2.75) is 32.6 Å². The van der Waals surface area contributed by atoms with Gasteiger partial charge in [-0.3, -0.25) is 10.5 Å². The Balaban J connectivity index is 2.10. The van der Waals surface area contributed by atoms with E-state index < -0.39 is 22.7 Å². The van der Waals surface area contributed by atoms with E-state index in [1.54, 1.807) is 38.1 Å². The lowest BCUT2D eigenvalue weighted by molar-refractivity contribution is -0.693. The van der Waals surface area contributed by atoms with E-state index in [0.717, 1.165) is 5.56 Å². The Morgan fingerprint density at radius 1 is 1.22 bits per heavy atom. The van der Waals surface area contributed by atoms with E-state index in [2.05, 4.69) is 22.4 Å². The van der Waals surface area contributed by atoms with Crippen molar-refractivity contribution < 1.29 is 19.3 Å². The van der Waals surface area contributed by atoms with Crippen LogP contribution in [-0.4, -0.2) is 30.9 Å². The fourth-order valence-corrected chi connectivity index (χ4v) is 4.32. The van der Waals surface area contributed by atoms with Gasteiger partial charge in [-0.15, -0.1) is 0 Å². The van der Waals surface area contributed by atoms with Gasteiger partial charge in [0, 0.05) is 18.5 Å². The van der Waals surface area contributed by atoms with Crippen LogP contribution in [-0.2, 0) is 14.3 Å². The number of amides is 1. The first-order valence-corrected chi connectivity index (χ1v) is 8.78. The minimum absolute atomic E-state index is 0.171. The van der Waals surface area contributed by atoms with Gasteiger partial charge in [0.2, 0.25) is 5.91 Å². The summed E-state index contributed by atoms with van der Waals surface area (Å²) in [5.74, 6) is -2.02. The Kier molecular flexibility index (Phi) is 4.43. The summed E-state index contributed by atoms with van der Waals surface area (Å²) in [7, 11) is 0. The number of anilines is 1. The van der Waals surface area contributed by atoms with Gasteiger partial charge in [-0.1, -0.05) is 12.1 Å². The molecule has 1 amide bonds. The van der Waals surface area contributed by atoms with Gasteiger partial charge in [0.15, 0.2) is 10.8 Å². The molecule has 0 unspecified atom stereocenters. The quantitative estimate of drug-likeness (QED) is 0.602. The number of carbonyl (C=O) groups is 1. The van der Waals surface area contributed by atoms with Crippen LogP contribution in [0.1, 0.15) is 32.3 Å². The summed E-state index contributed by atoms with van der Waals surface area (Å²) in [6.45, 7) is 5.55. The number of amidine groups is 1. The number of nitriles is 2. The lowest BCUT2D eigenvalue weighted by Gasteiger charge is -2.29. The Labute approximate surface area is 157 Å². The van der Waals surface area contributed by atoms with Crippen molar-refractivity contribution in [2.75, 3.05) is 18.5 Å². The zero-order valence-electron chi connectivity index (χ0n) is 15.5. The fraction of sp³-hybridized carbons (Fsp3) is 0.474. The first kappa shape index (κ1) is 18.8. The molecule has 1 heterocycles. The van der Waals surface area contributed by atoms with Gasteiger partial charge in [-0.2, -0.15) is 10.5 Å². The number of nitrogens with one attached hydrogen (secondary N) is 2. The monoisotopic (exact) mass is 368 g/mol.